The number of amides is 2. The molecule has 2 amide bonds. The first-order chi connectivity index (χ1) is 17.1. The molecule has 0 aromatic heterocycles. The molecule has 0 bridgehead atoms. The molecule has 0 aliphatic carbocycles. The van der Waals surface area contributed by atoms with Crippen molar-refractivity contribution < 1.29 is 14.3 Å². The van der Waals surface area contributed by atoms with Crippen LogP contribution in [0.4, 0.5) is 0 Å². The van der Waals surface area contributed by atoms with Gasteiger partial charge in [0.25, 0.3) is 5.91 Å². The lowest BCUT2D eigenvalue weighted by molar-refractivity contribution is -0.143. The summed E-state index contributed by atoms with van der Waals surface area (Å²) >= 11 is 6.28. The zero-order valence-electron chi connectivity index (χ0n) is 21.7. The molecule has 1 unspecified atom stereocenters. The minimum atomic E-state index is -0.694. The normalized spacial score (nSPS) is 11.8. The number of halogens is 1. The molecule has 0 heterocycles. The molecule has 0 aliphatic heterocycles. The van der Waals surface area contributed by atoms with E-state index >= 15 is 0 Å². The Morgan fingerprint density at radius 2 is 1.53 bits per heavy atom. The van der Waals surface area contributed by atoms with Gasteiger partial charge in [0.1, 0.15) is 11.8 Å². The van der Waals surface area contributed by atoms with E-state index in [1.807, 2.05) is 101 Å². The number of nitrogens with one attached hydrogen (secondary N) is 1. The molecule has 3 aromatic carbocycles. The van der Waals surface area contributed by atoms with Gasteiger partial charge in [-0.3, -0.25) is 9.59 Å². The Bertz CT molecular complexity index is 1150. The minimum Gasteiger partial charge on any atom is -0.484 e. The summed E-state index contributed by atoms with van der Waals surface area (Å²) in [5.41, 5.74) is 4.82. The van der Waals surface area contributed by atoms with E-state index in [4.69, 9.17) is 16.3 Å². The molecule has 0 saturated carbocycles. The third kappa shape index (κ3) is 7.59. The third-order valence-corrected chi connectivity index (χ3v) is 6.54. The molecule has 3 rings (SSSR count). The molecule has 36 heavy (non-hydrogen) atoms. The standard InChI is InChI=1S/C30H35ClN2O3/c1-20(2)32-30(35)27(17-24-9-7-6-8-10-24)33(18-25-13-11-21(3)12-14-25)28(34)19-36-26-15-22(4)29(31)23(5)16-26/h6-16,20,27H,17-19H2,1-5H3,(H,32,35). The molecule has 3 aromatic rings. The van der Waals surface area contributed by atoms with Gasteiger partial charge in [0.05, 0.1) is 0 Å². The lowest BCUT2D eigenvalue weighted by Crippen LogP contribution is -2.52. The number of carbonyl (C=O) groups excluding carboxylic acids is 2. The van der Waals surface area contributed by atoms with Crippen molar-refractivity contribution >= 4 is 23.4 Å². The molecule has 0 saturated heterocycles. The highest BCUT2D eigenvalue weighted by atomic mass is 35.5. The quantitative estimate of drug-likeness (QED) is 0.377. The molecule has 0 aliphatic rings. The van der Waals surface area contributed by atoms with Crippen LogP contribution >= 0.6 is 11.6 Å². The molecule has 6 heteroatoms. The topological polar surface area (TPSA) is 58.6 Å². The van der Waals surface area contributed by atoms with Gasteiger partial charge in [-0.05, 0) is 69.0 Å². The first-order valence-electron chi connectivity index (χ1n) is 12.2. The van der Waals surface area contributed by atoms with Crippen LogP contribution in [0, 0.1) is 20.8 Å². The van der Waals surface area contributed by atoms with E-state index in [2.05, 4.69) is 5.32 Å². The second kappa shape index (κ2) is 12.6. The molecular formula is C30H35ClN2O3. The van der Waals surface area contributed by atoms with Crippen LogP contribution < -0.4 is 10.1 Å². The average Bonchev–Trinajstić information content (AvgIpc) is 2.84. The van der Waals surface area contributed by atoms with Crippen molar-refractivity contribution in [3.8, 4) is 5.75 Å². The van der Waals surface area contributed by atoms with Crippen LogP contribution in [0.25, 0.3) is 0 Å². The van der Waals surface area contributed by atoms with Gasteiger partial charge in [0.15, 0.2) is 6.61 Å². The fourth-order valence-electron chi connectivity index (χ4n) is 4.04. The van der Waals surface area contributed by atoms with Gasteiger partial charge in [-0.15, -0.1) is 0 Å². The maximum atomic E-state index is 13.6. The Kier molecular flexibility index (Phi) is 9.54. The zero-order valence-corrected chi connectivity index (χ0v) is 22.4. The smallest absolute Gasteiger partial charge is 0.261 e. The van der Waals surface area contributed by atoms with Crippen molar-refractivity contribution in [3.05, 3.63) is 99.6 Å². The van der Waals surface area contributed by atoms with Gasteiger partial charge < -0.3 is 15.0 Å². The van der Waals surface area contributed by atoms with Crippen molar-refractivity contribution in [3.63, 3.8) is 0 Å². The Balaban J connectivity index is 1.91. The van der Waals surface area contributed by atoms with Crippen LogP contribution in [0.15, 0.2) is 66.7 Å². The Hall–Kier alpha value is -3.31. The van der Waals surface area contributed by atoms with Gasteiger partial charge in [0.2, 0.25) is 5.91 Å². The first-order valence-corrected chi connectivity index (χ1v) is 12.6. The lowest BCUT2D eigenvalue weighted by Gasteiger charge is -2.32. The van der Waals surface area contributed by atoms with Crippen molar-refractivity contribution in [1.29, 1.82) is 0 Å². The van der Waals surface area contributed by atoms with E-state index in [0.717, 1.165) is 27.8 Å². The monoisotopic (exact) mass is 506 g/mol. The Morgan fingerprint density at radius 3 is 2.11 bits per heavy atom. The predicted octanol–water partition coefficient (Wildman–Crippen LogP) is 5.81. The fourth-order valence-corrected chi connectivity index (χ4v) is 4.15. The van der Waals surface area contributed by atoms with Gasteiger partial charge in [-0.1, -0.05) is 71.8 Å². The number of ether oxygens (including phenoxy) is 1. The van der Waals surface area contributed by atoms with E-state index in [9.17, 15) is 9.59 Å². The Morgan fingerprint density at radius 1 is 0.917 bits per heavy atom. The number of nitrogens with zero attached hydrogens (tertiary/aromatic N) is 1. The number of benzene rings is 3. The second-order valence-corrected chi connectivity index (χ2v) is 9.91. The van der Waals surface area contributed by atoms with Crippen LogP contribution in [0.3, 0.4) is 0 Å². The van der Waals surface area contributed by atoms with Crippen LogP contribution in [0.1, 0.15) is 41.7 Å². The molecule has 0 radical (unpaired) electrons. The van der Waals surface area contributed by atoms with Crippen LogP contribution in [-0.2, 0) is 22.6 Å². The Labute approximate surface area is 219 Å². The van der Waals surface area contributed by atoms with Gasteiger partial charge in [0, 0.05) is 24.0 Å². The molecule has 0 fully saturated rings. The van der Waals surface area contributed by atoms with Crippen molar-refractivity contribution in [2.24, 2.45) is 0 Å². The maximum absolute atomic E-state index is 13.6. The summed E-state index contributed by atoms with van der Waals surface area (Å²) in [6.07, 6.45) is 0.399. The van der Waals surface area contributed by atoms with E-state index in [1.54, 1.807) is 4.90 Å². The van der Waals surface area contributed by atoms with Crippen LogP contribution in [0.5, 0.6) is 5.75 Å². The molecule has 5 nitrogen and oxygen atoms in total. The number of rotatable bonds is 10. The zero-order chi connectivity index (χ0) is 26.2. The molecule has 1 N–H and O–H groups in total. The number of carbonyl (C=O) groups is 2. The van der Waals surface area contributed by atoms with Gasteiger partial charge in [-0.25, -0.2) is 0 Å². The summed E-state index contributed by atoms with van der Waals surface area (Å²) in [6.45, 7) is 9.76. The van der Waals surface area contributed by atoms with E-state index in [-0.39, 0.29) is 24.5 Å². The predicted molar refractivity (Wildman–Crippen MR) is 145 cm³/mol. The summed E-state index contributed by atoms with van der Waals surface area (Å²) in [5, 5.41) is 3.68. The van der Waals surface area contributed by atoms with Crippen molar-refractivity contribution in [1.82, 2.24) is 10.2 Å². The largest absolute Gasteiger partial charge is 0.484 e. The fraction of sp³-hybridized carbons (Fsp3) is 0.333. The van der Waals surface area contributed by atoms with Crippen LogP contribution in [0.2, 0.25) is 5.02 Å². The van der Waals surface area contributed by atoms with Crippen molar-refractivity contribution in [2.75, 3.05) is 6.61 Å². The number of hydrogen-bond donors (Lipinski definition) is 1. The minimum absolute atomic E-state index is 0.0524. The summed E-state index contributed by atoms with van der Waals surface area (Å²) in [4.78, 5) is 28.7. The van der Waals surface area contributed by atoms with E-state index < -0.39 is 6.04 Å². The maximum Gasteiger partial charge on any atom is 0.261 e. The highest BCUT2D eigenvalue weighted by Gasteiger charge is 2.31. The molecule has 0 spiro atoms. The van der Waals surface area contributed by atoms with E-state index in [1.165, 1.54) is 0 Å². The molecule has 190 valence electrons. The highest BCUT2D eigenvalue weighted by molar-refractivity contribution is 6.32. The number of aryl methyl sites for hydroxylation is 3. The van der Waals surface area contributed by atoms with Gasteiger partial charge in [-0.2, -0.15) is 0 Å². The second-order valence-electron chi connectivity index (χ2n) is 9.54. The van der Waals surface area contributed by atoms with Gasteiger partial charge >= 0.3 is 0 Å². The lowest BCUT2D eigenvalue weighted by atomic mass is 10.0. The van der Waals surface area contributed by atoms with Crippen LogP contribution in [-0.4, -0.2) is 35.4 Å². The van der Waals surface area contributed by atoms with E-state index in [0.29, 0.717) is 23.7 Å². The van der Waals surface area contributed by atoms with Crippen molar-refractivity contribution in [2.45, 2.75) is 59.7 Å². The highest BCUT2D eigenvalue weighted by Crippen LogP contribution is 2.26. The average molecular weight is 507 g/mol. The number of hydrogen-bond acceptors (Lipinski definition) is 3. The summed E-state index contributed by atoms with van der Waals surface area (Å²) in [7, 11) is 0. The summed E-state index contributed by atoms with van der Waals surface area (Å²) in [5.74, 6) is 0.123. The summed E-state index contributed by atoms with van der Waals surface area (Å²) in [6, 6.07) is 20.6. The molecule has 1 atom stereocenters. The molecular weight excluding hydrogens is 472 g/mol. The first kappa shape index (κ1) is 27.3. The third-order valence-electron chi connectivity index (χ3n) is 5.95. The SMILES string of the molecule is Cc1ccc(CN(C(=O)COc2cc(C)c(Cl)c(C)c2)C(Cc2ccccc2)C(=O)NC(C)C)cc1. The summed E-state index contributed by atoms with van der Waals surface area (Å²) < 4.78 is 5.90.